The molecule has 2 saturated carbocycles. The van der Waals surface area contributed by atoms with Gasteiger partial charge in [0.1, 0.15) is 0 Å². The van der Waals surface area contributed by atoms with Gasteiger partial charge in [-0.05, 0) is 105 Å². The van der Waals surface area contributed by atoms with Crippen LogP contribution in [0.15, 0.2) is 36.4 Å². The van der Waals surface area contributed by atoms with E-state index in [1.165, 1.54) is 56.9 Å². The highest BCUT2D eigenvalue weighted by Crippen LogP contribution is 2.43. The van der Waals surface area contributed by atoms with E-state index in [0.29, 0.717) is 23.1 Å². The molecule has 2 fully saturated rings. The maximum atomic E-state index is 13.5. The standard InChI is InChI=1S/C25H30F3N/c1-29-22-12-10-19(11-13-22)18-4-2-16(3-5-18)17-6-8-20(9-7-17)21-14-23(26)25(28)24(27)15-21/h6-9,14-16,18-19,22,29H,2-5,10-13H2,1H3. The van der Waals surface area contributed by atoms with Gasteiger partial charge >= 0.3 is 0 Å². The molecule has 2 aliphatic rings. The van der Waals surface area contributed by atoms with Gasteiger partial charge in [0.25, 0.3) is 0 Å². The summed E-state index contributed by atoms with van der Waals surface area (Å²) in [6, 6.07) is 10.8. The van der Waals surface area contributed by atoms with Gasteiger partial charge in [0, 0.05) is 6.04 Å². The van der Waals surface area contributed by atoms with E-state index >= 15 is 0 Å². The Balaban J connectivity index is 1.36. The molecule has 2 aromatic rings. The van der Waals surface area contributed by atoms with Crippen LogP contribution in [-0.2, 0) is 0 Å². The Morgan fingerprint density at radius 3 is 1.72 bits per heavy atom. The molecule has 0 unspecified atom stereocenters. The lowest BCUT2D eigenvalue weighted by molar-refractivity contribution is 0.171. The third-order valence-electron chi connectivity index (χ3n) is 7.32. The molecule has 4 heteroatoms. The molecule has 4 rings (SSSR count). The van der Waals surface area contributed by atoms with Crippen molar-refractivity contribution in [2.45, 2.75) is 63.3 Å². The third-order valence-corrected chi connectivity index (χ3v) is 7.32. The van der Waals surface area contributed by atoms with Gasteiger partial charge in [0.05, 0.1) is 0 Å². The average Bonchev–Trinajstić information content (AvgIpc) is 2.77. The molecule has 0 spiro atoms. The van der Waals surface area contributed by atoms with E-state index in [-0.39, 0.29) is 0 Å². The highest BCUT2D eigenvalue weighted by molar-refractivity contribution is 5.64. The van der Waals surface area contributed by atoms with E-state index in [1.54, 1.807) is 0 Å². The first kappa shape index (κ1) is 20.5. The van der Waals surface area contributed by atoms with Gasteiger partial charge in [-0.15, -0.1) is 0 Å². The van der Waals surface area contributed by atoms with Crippen LogP contribution in [0.4, 0.5) is 13.2 Å². The molecule has 0 atom stereocenters. The second-order valence-corrected chi connectivity index (χ2v) is 8.89. The van der Waals surface area contributed by atoms with E-state index in [9.17, 15) is 13.2 Å². The molecule has 0 heterocycles. The minimum absolute atomic E-state index is 0.369. The fourth-order valence-electron chi connectivity index (χ4n) is 5.47. The second kappa shape index (κ2) is 8.91. The molecule has 0 saturated heterocycles. The van der Waals surface area contributed by atoms with E-state index in [0.717, 1.165) is 24.0 Å². The zero-order valence-electron chi connectivity index (χ0n) is 17.1. The van der Waals surface area contributed by atoms with E-state index in [1.807, 2.05) is 12.1 Å². The van der Waals surface area contributed by atoms with Crippen LogP contribution in [0.3, 0.4) is 0 Å². The number of rotatable bonds is 4. The highest BCUT2D eigenvalue weighted by Gasteiger charge is 2.30. The summed E-state index contributed by atoms with van der Waals surface area (Å²) in [5.41, 5.74) is 2.38. The van der Waals surface area contributed by atoms with Crippen molar-refractivity contribution in [3.63, 3.8) is 0 Å². The largest absolute Gasteiger partial charge is 0.317 e. The van der Waals surface area contributed by atoms with Crippen LogP contribution in [0, 0.1) is 29.3 Å². The first-order chi connectivity index (χ1) is 14.0. The smallest absolute Gasteiger partial charge is 0.194 e. The van der Waals surface area contributed by atoms with Gasteiger partial charge in [-0.3, -0.25) is 0 Å². The molecular weight excluding hydrogens is 371 g/mol. The predicted molar refractivity (Wildman–Crippen MR) is 111 cm³/mol. The van der Waals surface area contributed by atoms with E-state index in [2.05, 4.69) is 24.5 Å². The Bertz CT molecular complexity index is 793. The minimum atomic E-state index is -1.42. The van der Waals surface area contributed by atoms with E-state index in [4.69, 9.17) is 0 Å². The van der Waals surface area contributed by atoms with Crippen LogP contribution >= 0.6 is 0 Å². The summed E-state index contributed by atoms with van der Waals surface area (Å²) in [4.78, 5) is 0. The topological polar surface area (TPSA) is 12.0 Å². The molecule has 0 bridgehead atoms. The van der Waals surface area contributed by atoms with Crippen LogP contribution < -0.4 is 5.32 Å². The molecule has 29 heavy (non-hydrogen) atoms. The van der Waals surface area contributed by atoms with Crippen molar-refractivity contribution < 1.29 is 13.2 Å². The number of hydrogen-bond acceptors (Lipinski definition) is 1. The van der Waals surface area contributed by atoms with Gasteiger partial charge in [-0.25, -0.2) is 13.2 Å². The van der Waals surface area contributed by atoms with Crippen LogP contribution in [0.1, 0.15) is 62.8 Å². The molecular formula is C25H30F3N. The molecule has 2 aliphatic carbocycles. The van der Waals surface area contributed by atoms with Gasteiger partial charge in [0.2, 0.25) is 0 Å². The average molecular weight is 402 g/mol. The first-order valence-corrected chi connectivity index (χ1v) is 11.0. The molecule has 0 amide bonds. The molecule has 156 valence electrons. The van der Waals surface area contributed by atoms with Gasteiger partial charge in [0.15, 0.2) is 17.5 Å². The molecule has 0 aliphatic heterocycles. The normalized spacial score (nSPS) is 27.7. The number of hydrogen-bond donors (Lipinski definition) is 1. The summed E-state index contributed by atoms with van der Waals surface area (Å²) in [6.45, 7) is 0. The van der Waals surface area contributed by atoms with Crippen molar-refractivity contribution in [3.8, 4) is 11.1 Å². The van der Waals surface area contributed by atoms with Crippen LogP contribution in [-0.4, -0.2) is 13.1 Å². The van der Waals surface area contributed by atoms with Crippen molar-refractivity contribution in [2.24, 2.45) is 11.8 Å². The third kappa shape index (κ3) is 4.53. The van der Waals surface area contributed by atoms with Gasteiger partial charge in [-0.2, -0.15) is 0 Å². The SMILES string of the molecule is CNC1CCC(C2CCC(c3ccc(-c4cc(F)c(F)c(F)c4)cc3)CC2)CC1. The Kier molecular flexibility index (Phi) is 6.29. The summed E-state index contributed by atoms with van der Waals surface area (Å²) >= 11 is 0. The Hall–Kier alpha value is -1.81. The summed E-state index contributed by atoms with van der Waals surface area (Å²) in [5, 5.41) is 3.42. The molecule has 2 aromatic carbocycles. The summed E-state index contributed by atoms with van der Waals surface area (Å²) in [7, 11) is 2.07. The minimum Gasteiger partial charge on any atom is -0.317 e. The van der Waals surface area contributed by atoms with Crippen molar-refractivity contribution in [2.75, 3.05) is 7.05 Å². The van der Waals surface area contributed by atoms with Crippen LogP contribution in [0.25, 0.3) is 11.1 Å². The molecule has 1 nitrogen and oxygen atoms in total. The molecule has 0 aromatic heterocycles. The fraction of sp³-hybridized carbons (Fsp3) is 0.520. The summed E-state index contributed by atoms with van der Waals surface area (Å²) < 4.78 is 40.2. The first-order valence-electron chi connectivity index (χ1n) is 11.0. The van der Waals surface area contributed by atoms with Crippen LogP contribution in [0.5, 0.6) is 0 Å². The fourth-order valence-corrected chi connectivity index (χ4v) is 5.47. The quantitative estimate of drug-likeness (QED) is 0.554. The van der Waals surface area contributed by atoms with Crippen molar-refractivity contribution in [1.82, 2.24) is 5.32 Å². The summed E-state index contributed by atoms with van der Waals surface area (Å²) in [5.74, 6) is -1.38. The van der Waals surface area contributed by atoms with Crippen molar-refractivity contribution >= 4 is 0 Å². The zero-order chi connectivity index (χ0) is 20.4. The van der Waals surface area contributed by atoms with Crippen LogP contribution in [0.2, 0.25) is 0 Å². The highest BCUT2D eigenvalue weighted by atomic mass is 19.2. The van der Waals surface area contributed by atoms with E-state index < -0.39 is 17.5 Å². The number of benzene rings is 2. The zero-order valence-corrected chi connectivity index (χ0v) is 17.1. The lowest BCUT2D eigenvalue weighted by atomic mass is 9.69. The Morgan fingerprint density at radius 2 is 1.21 bits per heavy atom. The summed E-state index contributed by atoms with van der Waals surface area (Å²) in [6.07, 6.45) is 10.4. The molecule has 0 radical (unpaired) electrons. The lowest BCUT2D eigenvalue weighted by Crippen LogP contribution is -2.33. The Morgan fingerprint density at radius 1 is 0.690 bits per heavy atom. The van der Waals surface area contributed by atoms with Crippen molar-refractivity contribution in [1.29, 1.82) is 0 Å². The molecule has 1 N–H and O–H groups in total. The number of halogens is 3. The predicted octanol–water partition coefficient (Wildman–Crippen LogP) is 6.82. The van der Waals surface area contributed by atoms with Crippen molar-refractivity contribution in [3.05, 3.63) is 59.4 Å². The maximum Gasteiger partial charge on any atom is 0.194 e. The van der Waals surface area contributed by atoms with Gasteiger partial charge < -0.3 is 5.32 Å². The lowest BCUT2D eigenvalue weighted by Gasteiger charge is -2.38. The maximum absolute atomic E-state index is 13.5. The van der Waals surface area contributed by atoms with Gasteiger partial charge in [-0.1, -0.05) is 24.3 Å². The monoisotopic (exact) mass is 401 g/mol. The Labute approximate surface area is 171 Å². The second-order valence-electron chi connectivity index (χ2n) is 8.89. The number of nitrogens with one attached hydrogen (secondary N) is 1.